The van der Waals surface area contributed by atoms with Crippen LogP contribution >= 0.6 is 11.6 Å². The Bertz CT molecular complexity index is 1050. The molecule has 168 valence electrons. The predicted octanol–water partition coefficient (Wildman–Crippen LogP) is 5.66. The van der Waals surface area contributed by atoms with Crippen LogP contribution in [0, 0.1) is 5.82 Å². The van der Waals surface area contributed by atoms with E-state index in [1.54, 1.807) is 0 Å². The Morgan fingerprint density at radius 1 is 1.23 bits per heavy atom. The molecule has 10 heteroatoms. The maximum atomic E-state index is 14.5. The van der Waals surface area contributed by atoms with Gasteiger partial charge in [-0.3, -0.25) is 4.68 Å². The number of nitrogens with one attached hydrogen (secondary N) is 1. The molecule has 2 aromatic heterocycles. The molecular formula is C21H22ClF4N3O2. The van der Waals surface area contributed by atoms with E-state index in [1.807, 2.05) is 0 Å². The molecule has 3 aromatic rings. The molecular weight excluding hydrogens is 438 g/mol. The summed E-state index contributed by atoms with van der Waals surface area (Å²) in [4.78, 5) is 2.82. The summed E-state index contributed by atoms with van der Waals surface area (Å²) < 4.78 is 62.4. The van der Waals surface area contributed by atoms with Gasteiger partial charge in [-0.1, -0.05) is 17.7 Å². The lowest BCUT2D eigenvalue weighted by molar-refractivity contribution is -0.144. The first kappa shape index (κ1) is 23.3. The summed E-state index contributed by atoms with van der Waals surface area (Å²) in [5.41, 5.74) is -1.52. The summed E-state index contributed by atoms with van der Waals surface area (Å²) in [5, 5.41) is 13.9. The molecule has 5 nitrogen and oxygen atoms in total. The minimum atomic E-state index is -4.71. The number of aryl methyl sites for hydroxylation is 1. The third-order valence-corrected chi connectivity index (χ3v) is 5.14. The highest BCUT2D eigenvalue weighted by Gasteiger charge is 2.40. The molecule has 0 spiro atoms. The van der Waals surface area contributed by atoms with E-state index in [1.165, 1.54) is 45.4 Å². The Morgan fingerprint density at radius 3 is 2.52 bits per heavy atom. The normalized spacial score (nSPS) is 12.5. The number of nitrogens with zero attached hydrogens (tertiary/aromatic N) is 2. The van der Waals surface area contributed by atoms with Gasteiger partial charge in [0.25, 0.3) is 0 Å². The average Bonchev–Trinajstić information content (AvgIpc) is 3.24. The lowest BCUT2D eigenvalue weighted by Crippen LogP contribution is -2.24. The highest BCUT2D eigenvalue weighted by molar-refractivity contribution is 6.33. The average molecular weight is 460 g/mol. The zero-order valence-corrected chi connectivity index (χ0v) is 17.9. The molecule has 0 amide bonds. The van der Waals surface area contributed by atoms with Crippen LogP contribution in [0.5, 0.6) is 0 Å². The molecule has 0 aliphatic rings. The molecule has 0 saturated carbocycles. The smallest absolute Gasteiger partial charge is 0.390 e. The van der Waals surface area contributed by atoms with Crippen LogP contribution in [0.15, 0.2) is 30.6 Å². The molecule has 0 aliphatic heterocycles. The van der Waals surface area contributed by atoms with E-state index >= 15 is 0 Å². The van der Waals surface area contributed by atoms with Crippen molar-refractivity contribution >= 4 is 11.6 Å². The van der Waals surface area contributed by atoms with E-state index in [-0.39, 0.29) is 41.4 Å². The number of halogens is 5. The molecule has 1 aromatic carbocycles. The van der Waals surface area contributed by atoms with Crippen molar-refractivity contribution in [1.29, 1.82) is 0 Å². The second-order valence-corrected chi connectivity index (χ2v) is 8.18. The first-order valence-corrected chi connectivity index (χ1v) is 9.81. The van der Waals surface area contributed by atoms with Crippen LogP contribution in [0.4, 0.5) is 17.6 Å². The number of benzene rings is 1. The van der Waals surface area contributed by atoms with Gasteiger partial charge in [0.15, 0.2) is 5.69 Å². The number of hydrogen-bond donors (Lipinski definition) is 2. The van der Waals surface area contributed by atoms with Crippen molar-refractivity contribution in [3.63, 3.8) is 0 Å². The van der Waals surface area contributed by atoms with Gasteiger partial charge in [0.2, 0.25) is 0 Å². The Kier molecular flexibility index (Phi) is 6.50. The SMILES string of the molecule is COCc1c(-c2c(F)cccc2Cl)c[nH]c1-c1cnn(CCC(C)(C)O)c1C(F)(F)F. The van der Waals surface area contributed by atoms with Gasteiger partial charge in [0.1, 0.15) is 5.82 Å². The van der Waals surface area contributed by atoms with E-state index < -0.39 is 23.3 Å². The number of methoxy groups -OCH3 is 1. The van der Waals surface area contributed by atoms with Crippen molar-refractivity contribution in [1.82, 2.24) is 14.8 Å². The summed E-state index contributed by atoms with van der Waals surface area (Å²) in [7, 11) is 1.39. The van der Waals surface area contributed by atoms with Crippen LogP contribution in [0.2, 0.25) is 5.02 Å². The number of ether oxygens (including phenoxy) is 1. The fraction of sp³-hybridized carbons (Fsp3) is 0.381. The lowest BCUT2D eigenvalue weighted by atomic mass is 9.99. The van der Waals surface area contributed by atoms with Crippen LogP contribution in [-0.4, -0.2) is 32.6 Å². The predicted molar refractivity (Wildman–Crippen MR) is 109 cm³/mol. The van der Waals surface area contributed by atoms with Gasteiger partial charge in [0.05, 0.1) is 29.1 Å². The fourth-order valence-corrected chi connectivity index (χ4v) is 3.65. The van der Waals surface area contributed by atoms with Crippen LogP contribution < -0.4 is 0 Å². The number of aliphatic hydroxyl groups is 1. The number of hydrogen-bond acceptors (Lipinski definition) is 3. The van der Waals surface area contributed by atoms with E-state index in [0.29, 0.717) is 11.1 Å². The zero-order valence-electron chi connectivity index (χ0n) is 17.1. The first-order valence-electron chi connectivity index (χ1n) is 9.43. The van der Waals surface area contributed by atoms with Crippen molar-refractivity contribution in [3.05, 3.63) is 52.7 Å². The Hall–Kier alpha value is -2.36. The monoisotopic (exact) mass is 459 g/mol. The molecule has 3 rings (SSSR count). The quantitative estimate of drug-likeness (QED) is 0.448. The maximum absolute atomic E-state index is 14.5. The third kappa shape index (κ3) is 4.94. The summed E-state index contributed by atoms with van der Waals surface area (Å²) in [6.45, 7) is 2.81. The molecule has 31 heavy (non-hydrogen) atoms. The van der Waals surface area contributed by atoms with Crippen molar-refractivity contribution < 1.29 is 27.4 Å². The highest BCUT2D eigenvalue weighted by Crippen LogP contribution is 2.42. The highest BCUT2D eigenvalue weighted by atomic mass is 35.5. The summed E-state index contributed by atoms with van der Waals surface area (Å²) >= 11 is 6.17. The lowest BCUT2D eigenvalue weighted by Gasteiger charge is -2.19. The number of rotatable bonds is 7. The van der Waals surface area contributed by atoms with Gasteiger partial charge in [-0.2, -0.15) is 18.3 Å². The number of H-pyrrole nitrogens is 1. The van der Waals surface area contributed by atoms with Crippen LogP contribution in [0.25, 0.3) is 22.4 Å². The van der Waals surface area contributed by atoms with Crippen molar-refractivity contribution in [3.8, 4) is 22.4 Å². The minimum Gasteiger partial charge on any atom is -0.390 e. The number of alkyl halides is 3. The van der Waals surface area contributed by atoms with Gasteiger partial charge in [-0.05, 0) is 32.4 Å². The van der Waals surface area contributed by atoms with Crippen molar-refractivity contribution in [2.75, 3.05) is 7.11 Å². The van der Waals surface area contributed by atoms with E-state index in [9.17, 15) is 22.7 Å². The van der Waals surface area contributed by atoms with Crippen LogP contribution in [-0.2, 0) is 24.1 Å². The first-order chi connectivity index (χ1) is 14.4. The van der Waals surface area contributed by atoms with Crippen LogP contribution in [0.3, 0.4) is 0 Å². The van der Waals surface area contributed by atoms with E-state index in [4.69, 9.17) is 16.3 Å². The Labute approximate surface area is 181 Å². The molecule has 0 bridgehead atoms. The molecule has 0 saturated heterocycles. The third-order valence-electron chi connectivity index (χ3n) is 4.82. The molecule has 0 atom stereocenters. The fourth-order valence-electron chi connectivity index (χ4n) is 3.38. The van der Waals surface area contributed by atoms with Crippen molar-refractivity contribution in [2.45, 2.75) is 45.2 Å². The summed E-state index contributed by atoms with van der Waals surface area (Å²) in [5.74, 6) is -0.604. The molecule has 2 heterocycles. The second kappa shape index (κ2) is 8.64. The van der Waals surface area contributed by atoms with Gasteiger partial charge < -0.3 is 14.8 Å². The van der Waals surface area contributed by atoms with Gasteiger partial charge in [0, 0.05) is 42.1 Å². The summed E-state index contributed by atoms with van der Waals surface area (Å²) in [6.07, 6.45) is -2.13. The van der Waals surface area contributed by atoms with Gasteiger partial charge in [-0.25, -0.2) is 4.39 Å². The Balaban J connectivity index is 2.17. The number of aromatic amines is 1. The van der Waals surface area contributed by atoms with Gasteiger partial charge in [-0.15, -0.1) is 0 Å². The maximum Gasteiger partial charge on any atom is 0.433 e. The minimum absolute atomic E-state index is 0.0710. The zero-order chi connectivity index (χ0) is 23.0. The Morgan fingerprint density at radius 2 is 1.94 bits per heavy atom. The summed E-state index contributed by atoms with van der Waals surface area (Å²) in [6, 6.07) is 4.17. The molecule has 0 aliphatic carbocycles. The molecule has 0 radical (unpaired) electrons. The largest absolute Gasteiger partial charge is 0.433 e. The molecule has 0 unspecified atom stereocenters. The topological polar surface area (TPSA) is 63.1 Å². The second-order valence-electron chi connectivity index (χ2n) is 7.78. The standard InChI is InChI=1S/C21H22ClF4N3O2/c1-20(2,30)7-8-29-19(21(24,25)26)13(10-28-29)18-14(11-31-3)12(9-27-18)17-15(22)5-4-6-16(17)23/h4-6,9-10,27,30H,7-8,11H2,1-3H3. The van der Waals surface area contributed by atoms with Gasteiger partial charge >= 0.3 is 6.18 Å². The van der Waals surface area contributed by atoms with Crippen LogP contribution in [0.1, 0.15) is 31.5 Å². The van der Waals surface area contributed by atoms with E-state index in [0.717, 1.165) is 10.9 Å². The number of aromatic nitrogens is 3. The van der Waals surface area contributed by atoms with E-state index in [2.05, 4.69) is 10.1 Å². The van der Waals surface area contributed by atoms with Crippen molar-refractivity contribution in [2.24, 2.45) is 0 Å². The molecule has 2 N–H and O–H groups in total. The molecule has 0 fully saturated rings.